The summed E-state index contributed by atoms with van der Waals surface area (Å²) in [6, 6.07) is 5.90. The Kier molecular flexibility index (Phi) is 15.3. The number of pyridine rings is 1. The van der Waals surface area contributed by atoms with Gasteiger partial charge in [-0.3, -0.25) is 17.5 Å². The Labute approximate surface area is 301 Å². The molecule has 1 aromatic heterocycles. The van der Waals surface area contributed by atoms with E-state index in [2.05, 4.69) is 52.6 Å². The first-order valence-electron chi connectivity index (χ1n) is 12.9. The Morgan fingerprint density at radius 3 is 1.31 bits per heavy atom. The van der Waals surface area contributed by atoms with Gasteiger partial charge in [0.05, 0.1) is 34.5 Å². The zero-order chi connectivity index (χ0) is 38.7. The number of azo groups is 2. The van der Waals surface area contributed by atoms with Gasteiger partial charge < -0.3 is 11.5 Å². The number of anilines is 2. The van der Waals surface area contributed by atoms with Crippen LogP contribution in [0.3, 0.4) is 0 Å². The summed E-state index contributed by atoms with van der Waals surface area (Å²) in [6.07, 6.45) is 0. The van der Waals surface area contributed by atoms with Crippen molar-refractivity contribution >= 4 is 98.9 Å². The van der Waals surface area contributed by atoms with Crippen molar-refractivity contribution in [1.82, 2.24) is 4.98 Å². The number of rotatable bonds is 20. The first-order valence-corrected chi connectivity index (χ1v) is 20.4. The van der Waals surface area contributed by atoms with Gasteiger partial charge in [0.25, 0.3) is 20.2 Å². The Balaban J connectivity index is 1.93. The zero-order valence-corrected chi connectivity index (χ0v) is 30.1. The third-order valence-electron chi connectivity index (χ3n) is 5.79. The van der Waals surface area contributed by atoms with E-state index in [1.807, 2.05) is 0 Å². The van der Waals surface area contributed by atoms with Crippen molar-refractivity contribution in [3.63, 3.8) is 0 Å². The van der Waals surface area contributed by atoms with E-state index >= 15 is 0 Å². The van der Waals surface area contributed by atoms with Crippen LogP contribution in [-0.2, 0) is 67.0 Å². The minimum Gasteiger partial charge on any atom is -0.382 e. The maximum Gasteiger partial charge on any atom is 0.296 e. The van der Waals surface area contributed by atoms with Gasteiger partial charge in [-0.05, 0) is 36.4 Å². The molecule has 0 aliphatic heterocycles. The first-order chi connectivity index (χ1) is 24.3. The largest absolute Gasteiger partial charge is 0.382 e. The fraction of sp³-hybridized carbons (Fsp3) is 0.190. The molecule has 0 radical (unpaired) electrons. The van der Waals surface area contributed by atoms with E-state index in [-0.39, 0.29) is 36.0 Å². The lowest BCUT2D eigenvalue weighted by Gasteiger charge is -2.08. The van der Waals surface area contributed by atoms with Gasteiger partial charge in [-0.2, -0.15) is 16.8 Å². The molecule has 0 fully saturated rings. The molecule has 0 aliphatic carbocycles. The molecule has 3 rings (SSSR count). The van der Waals surface area contributed by atoms with Crippen LogP contribution in [-0.4, -0.2) is 83.0 Å². The summed E-state index contributed by atoms with van der Waals surface area (Å²) in [4.78, 5) is 0.706. The van der Waals surface area contributed by atoms with Crippen LogP contribution in [0.2, 0.25) is 0 Å². The summed E-state index contributed by atoms with van der Waals surface area (Å²) in [5.74, 6) is -2.19. The smallest absolute Gasteiger partial charge is 0.296 e. The number of nitrogens with two attached hydrogens (primary N) is 2. The Morgan fingerprint density at radius 2 is 0.962 bits per heavy atom. The summed E-state index contributed by atoms with van der Waals surface area (Å²) in [5, 5.41) is 37.5. The minimum atomic E-state index is -5.10. The molecule has 0 spiro atoms. The van der Waals surface area contributed by atoms with E-state index in [4.69, 9.17) is 22.0 Å². The van der Waals surface area contributed by atoms with E-state index in [0.717, 1.165) is 30.3 Å². The lowest BCUT2D eigenvalue weighted by atomic mass is 10.3. The quantitative estimate of drug-likeness (QED) is 0.0237. The van der Waals surface area contributed by atoms with Crippen LogP contribution in [0, 0.1) is 0 Å². The number of sulfone groups is 2. The van der Waals surface area contributed by atoms with Gasteiger partial charge in [0.15, 0.2) is 56.0 Å². The molecule has 3 aromatic rings. The molecule has 0 aliphatic rings. The van der Waals surface area contributed by atoms with Crippen LogP contribution in [0.1, 0.15) is 0 Å². The van der Waals surface area contributed by atoms with Crippen LogP contribution in [0.5, 0.6) is 0 Å². The van der Waals surface area contributed by atoms with Crippen molar-refractivity contribution in [2.45, 2.75) is 19.6 Å². The number of aromatic nitrogens is 1. The number of nitrogens with zero attached hydrogens (tertiary/aromatic N) is 5. The fourth-order valence-corrected chi connectivity index (χ4v) is 7.82. The molecule has 52 heavy (non-hydrogen) atoms. The third kappa shape index (κ3) is 12.3. The van der Waals surface area contributed by atoms with Crippen molar-refractivity contribution in [3.05, 3.63) is 42.5 Å². The average Bonchev–Trinajstić information content (AvgIpc) is 3.06. The van der Waals surface area contributed by atoms with Crippen LogP contribution < -0.4 is 11.5 Å². The molecular weight excluding hydrogens is 831 g/mol. The maximum absolute atomic E-state index is 12.6. The van der Waals surface area contributed by atoms with E-state index < -0.39 is 107 Å². The standard InChI is InChI=1S/C21H23N7O18S6/c22-20-16(27-25-14-3-1-12(9-18(14)51(35,36)37)49(31,32)7-5-41-47-45-43-29)11-17(21(23)24-20)28-26-15-4-2-13(10-19(15)52(38,39)40)50(33,34)8-6-42-48-46-44-30/h1-4,9-11,29-30H,5-8H2,(H4,22,23,24)(H,35,36,37)(H,38,39,40)/b27-25+,28-26+. The summed E-state index contributed by atoms with van der Waals surface area (Å²) < 4.78 is 136. The summed E-state index contributed by atoms with van der Waals surface area (Å²) >= 11 is 0.220. The van der Waals surface area contributed by atoms with Crippen LogP contribution in [0.15, 0.2) is 82.5 Å². The highest BCUT2D eigenvalue weighted by Gasteiger charge is 2.24. The number of hydrogen-bond donors (Lipinski definition) is 6. The molecule has 1 heterocycles. The second kappa shape index (κ2) is 18.5. The van der Waals surface area contributed by atoms with E-state index in [1.54, 1.807) is 0 Å². The van der Waals surface area contributed by atoms with E-state index in [1.165, 1.54) is 0 Å². The highest BCUT2D eigenvalue weighted by Crippen LogP contribution is 2.36. The first kappa shape index (κ1) is 42.9. The van der Waals surface area contributed by atoms with Crippen LogP contribution in [0.4, 0.5) is 34.4 Å². The number of benzene rings is 2. The molecule has 8 N–H and O–H groups in total. The predicted molar refractivity (Wildman–Crippen MR) is 175 cm³/mol. The lowest BCUT2D eigenvalue weighted by Crippen LogP contribution is -2.12. The molecule has 0 atom stereocenters. The lowest BCUT2D eigenvalue weighted by molar-refractivity contribution is -0.434. The van der Waals surface area contributed by atoms with Gasteiger partial charge in [-0.15, -0.1) is 29.1 Å². The van der Waals surface area contributed by atoms with Gasteiger partial charge in [0.1, 0.15) is 32.5 Å². The van der Waals surface area contributed by atoms with Crippen molar-refractivity contribution in [2.24, 2.45) is 20.5 Å². The number of nitrogen functional groups attached to an aromatic ring is 2. The molecule has 31 heteroatoms. The average molecular weight is 854 g/mol. The third-order valence-corrected chi connectivity index (χ3v) is 11.7. The van der Waals surface area contributed by atoms with Crippen molar-refractivity contribution in [3.8, 4) is 0 Å². The monoisotopic (exact) mass is 853 g/mol. The summed E-state index contributed by atoms with van der Waals surface area (Å²) in [5.41, 5.74) is 9.86. The van der Waals surface area contributed by atoms with Crippen molar-refractivity contribution in [1.29, 1.82) is 0 Å². The molecule has 0 bridgehead atoms. The van der Waals surface area contributed by atoms with Crippen molar-refractivity contribution in [2.75, 3.05) is 36.2 Å². The molecular formula is C21H23N7O18S6. The normalized spacial score (nSPS) is 13.0. The summed E-state index contributed by atoms with van der Waals surface area (Å²) in [7, 11) is -18.6. The Bertz CT molecular complexity index is 2100. The SMILES string of the molecule is Nc1nc(N)c(/N=N/c2ccc(S(=O)(=O)CCOSOOO)cc2S(=O)(=O)O)cc1/N=N/c1ccc(S(=O)(=O)CCOSOOO)cc1S(=O)(=O)O. The fourth-order valence-electron chi connectivity index (χ4n) is 3.51. The molecule has 0 amide bonds. The highest BCUT2D eigenvalue weighted by molar-refractivity contribution is 7.92. The van der Waals surface area contributed by atoms with Crippen LogP contribution >= 0.6 is 24.6 Å². The van der Waals surface area contributed by atoms with E-state index in [0.29, 0.717) is 12.1 Å². The second-order valence-electron chi connectivity index (χ2n) is 9.11. The van der Waals surface area contributed by atoms with Gasteiger partial charge in [-0.1, -0.05) is 10.1 Å². The molecule has 2 aromatic carbocycles. The molecule has 25 nitrogen and oxygen atoms in total. The highest BCUT2D eigenvalue weighted by atomic mass is 32.2. The van der Waals surface area contributed by atoms with Crippen LogP contribution in [0.25, 0.3) is 0 Å². The molecule has 0 saturated heterocycles. The minimum absolute atomic E-state index is 0.110. The van der Waals surface area contributed by atoms with Gasteiger partial charge in [0.2, 0.25) is 0 Å². The number of hydrogen-bond acceptors (Lipinski definition) is 25. The van der Waals surface area contributed by atoms with Crippen molar-refractivity contribution < 1.29 is 80.4 Å². The van der Waals surface area contributed by atoms with Gasteiger partial charge in [-0.25, -0.2) is 32.3 Å². The molecule has 0 saturated carbocycles. The Hall–Kier alpha value is -3.51. The predicted octanol–water partition coefficient (Wildman–Crippen LogP) is 3.12. The van der Waals surface area contributed by atoms with Gasteiger partial charge in [0, 0.05) is 6.07 Å². The maximum atomic E-state index is 12.6. The topological polar surface area (TPSA) is 387 Å². The Morgan fingerprint density at radius 1 is 0.596 bits per heavy atom. The summed E-state index contributed by atoms with van der Waals surface area (Å²) in [6.45, 7) is -0.996. The second-order valence-corrected chi connectivity index (χ2v) is 17.1. The van der Waals surface area contributed by atoms with Gasteiger partial charge >= 0.3 is 0 Å². The molecule has 0 unspecified atom stereocenters. The molecule has 286 valence electrons. The zero-order valence-electron chi connectivity index (χ0n) is 25.2. The van der Waals surface area contributed by atoms with E-state index in [9.17, 15) is 42.8 Å².